The van der Waals surface area contributed by atoms with Crippen molar-refractivity contribution in [1.82, 2.24) is 19.6 Å². The molecule has 0 saturated heterocycles. The van der Waals surface area contributed by atoms with E-state index in [0.717, 1.165) is 50.3 Å². The summed E-state index contributed by atoms with van der Waals surface area (Å²) in [5, 5.41) is 3.43. The molecule has 4 rings (SSSR count). The summed E-state index contributed by atoms with van der Waals surface area (Å²) in [5.74, 6) is 0.875. The Kier molecular flexibility index (Phi) is 4.96. The average Bonchev–Trinajstić information content (AvgIpc) is 3.19. The molecule has 2 aliphatic rings. The van der Waals surface area contributed by atoms with Crippen molar-refractivity contribution in [2.75, 3.05) is 0 Å². The molecule has 2 aliphatic heterocycles. The van der Waals surface area contributed by atoms with Gasteiger partial charge in [0.1, 0.15) is 5.82 Å². The molecule has 1 aromatic carbocycles. The number of rotatable bonds is 4. The maximum absolute atomic E-state index is 12.5. The summed E-state index contributed by atoms with van der Waals surface area (Å²) in [4.78, 5) is 4.30. The summed E-state index contributed by atoms with van der Waals surface area (Å²) in [7, 11) is -3.56. The number of hydrogen-bond acceptors (Lipinski definition) is 4. The largest absolute Gasteiger partial charge is 0.333 e. The van der Waals surface area contributed by atoms with Crippen molar-refractivity contribution in [3.05, 3.63) is 46.9 Å². The zero-order chi connectivity index (χ0) is 15.9. The summed E-state index contributed by atoms with van der Waals surface area (Å²) in [6.45, 7) is 2.89. The topological polar surface area (TPSA) is 76.0 Å². The number of sulfonamides is 1. The van der Waals surface area contributed by atoms with E-state index in [9.17, 15) is 8.42 Å². The molecule has 0 bridgehead atoms. The van der Waals surface area contributed by atoms with Gasteiger partial charge in [0.2, 0.25) is 0 Å². The van der Waals surface area contributed by atoms with Crippen LogP contribution in [0.4, 0.5) is 0 Å². The Balaban J connectivity index is 0.00000169. The van der Waals surface area contributed by atoms with E-state index in [-0.39, 0.29) is 24.0 Å². The predicted octanol–water partition coefficient (Wildman–Crippen LogP) is 1.72. The second-order valence-electron chi connectivity index (χ2n) is 6.18. The highest BCUT2D eigenvalue weighted by molar-refractivity contribution is 7.89. The molecule has 0 radical (unpaired) electrons. The van der Waals surface area contributed by atoms with Crippen LogP contribution in [0.15, 0.2) is 29.4 Å². The molecule has 2 N–H and O–H groups in total. The monoisotopic (exact) mass is 368 g/mol. The number of aryl methyl sites for hydroxylation is 2. The quantitative estimate of drug-likeness (QED) is 0.861. The molecule has 0 spiro atoms. The maximum atomic E-state index is 12.5. The lowest BCUT2D eigenvalue weighted by Gasteiger charge is -2.11. The van der Waals surface area contributed by atoms with Gasteiger partial charge in [0.05, 0.1) is 0 Å². The summed E-state index contributed by atoms with van der Waals surface area (Å²) < 4.78 is 29.5. The highest BCUT2D eigenvalue weighted by Crippen LogP contribution is 2.19. The van der Waals surface area contributed by atoms with Gasteiger partial charge in [-0.25, -0.2) is 18.1 Å². The number of imidazole rings is 1. The first-order chi connectivity index (χ1) is 11.1. The Bertz CT molecular complexity index is 824. The van der Waals surface area contributed by atoms with Crippen LogP contribution in [0.2, 0.25) is 0 Å². The van der Waals surface area contributed by atoms with E-state index in [1.165, 1.54) is 11.1 Å². The minimum atomic E-state index is -3.56. The predicted molar refractivity (Wildman–Crippen MR) is 93.4 cm³/mol. The maximum Gasteiger partial charge on any atom is 0.259 e. The Morgan fingerprint density at radius 3 is 2.88 bits per heavy atom. The van der Waals surface area contributed by atoms with Gasteiger partial charge in [-0.2, -0.15) is 0 Å². The molecular formula is C16H21ClN4O2S. The second kappa shape index (κ2) is 6.84. The van der Waals surface area contributed by atoms with Gasteiger partial charge in [-0.05, 0) is 29.5 Å². The van der Waals surface area contributed by atoms with Gasteiger partial charge in [0.25, 0.3) is 10.0 Å². The molecule has 8 heteroatoms. The molecule has 0 atom stereocenters. The lowest BCUT2D eigenvalue weighted by molar-refractivity contribution is 0.522. The molecule has 0 saturated carbocycles. The Morgan fingerprint density at radius 1 is 1.21 bits per heavy atom. The Labute approximate surface area is 148 Å². The van der Waals surface area contributed by atoms with E-state index < -0.39 is 10.0 Å². The van der Waals surface area contributed by atoms with Crippen molar-refractivity contribution in [3.8, 4) is 0 Å². The van der Waals surface area contributed by atoms with Crippen LogP contribution in [0.25, 0.3) is 0 Å². The van der Waals surface area contributed by atoms with Crippen molar-refractivity contribution in [1.29, 1.82) is 0 Å². The van der Waals surface area contributed by atoms with Crippen molar-refractivity contribution >= 4 is 22.4 Å². The molecular weight excluding hydrogens is 348 g/mol. The molecule has 1 aromatic heterocycles. The molecule has 0 unspecified atom stereocenters. The Morgan fingerprint density at radius 2 is 2.04 bits per heavy atom. The van der Waals surface area contributed by atoms with Crippen LogP contribution in [0, 0.1) is 0 Å². The van der Waals surface area contributed by atoms with Gasteiger partial charge < -0.3 is 9.88 Å². The standard InChI is InChI=1S/C16H20N4O2S.ClH/c21-23(22,16-11-20-6-2-1-3-15(20)19-16)18-8-12-4-5-13-9-17-10-14(13)7-12;/h4-5,7,11,17-18H,1-3,6,8-10H2;1H. The molecule has 0 fully saturated rings. The van der Waals surface area contributed by atoms with Gasteiger partial charge in [-0.15, -0.1) is 12.4 Å². The second-order valence-corrected chi connectivity index (χ2v) is 7.89. The fraction of sp³-hybridized carbons (Fsp3) is 0.438. The minimum Gasteiger partial charge on any atom is -0.333 e. The highest BCUT2D eigenvalue weighted by Gasteiger charge is 2.21. The average molecular weight is 369 g/mol. The van der Waals surface area contributed by atoms with Crippen LogP contribution < -0.4 is 10.0 Å². The van der Waals surface area contributed by atoms with Gasteiger partial charge in [0.15, 0.2) is 5.03 Å². The first kappa shape index (κ1) is 17.4. The first-order valence-corrected chi connectivity index (χ1v) is 9.47. The van der Waals surface area contributed by atoms with Crippen LogP contribution in [0.5, 0.6) is 0 Å². The van der Waals surface area contributed by atoms with E-state index in [1.807, 2.05) is 10.6 Å². The Hall–Kier alpha value is -1.41. The normalized spacial score (nSPS) is 16.3. The number of fused-ring (bicyclic) bond motifs is 2. The zero-order valence-corrected chi connectivity index (χ0v) is 14.9. The molecule has 24 heavy (non-hydrogen) atoms. The third-order valence-electron chi connectivity index (χ3n) is 4.53. The van der Waals surface area contributed by atoms with Crippen LogP contribution in [-0.2, 0) is 42.6 Å². The van der Waals surface area contributed by atoms with E-state index >= 15 is 0 Å². The van der Waals surface area contributed by atoms with Crippen molar-refractivity contribution < 1.29 is 8.42 Å². The third kappa shape index (κ3) is 3.35. The van der Waals surface area contributed by atoms with Gasteiger partial charge in [-0.1, -0.05) is 18.2 Å². The lowest BCUT2D eigenvalue weighted by atomic mass is 10.1. The highest BCUT2D eigenvalue weighted by atomic mass is 35.5. The number of nitrogens with zero attached hydrogens (tertiary/aromatic N) is 2. The summed E-state index contributed by atoms with van der Waals surface area (Å²) in [5.41, 5.74) is 3.51. The van der Waals surface area contributed by atoms with Crippen molar-refractivity contribution in [2.24, 2.45) is 0 Å². The molecule has 3 heterocycles. The lowest BCUT2D eigenvalue weighted by Crippen LogP contribution is -2.23. The summed E-state index contributed by atoms with van der Waals surface area (Å²) in [6, 6.07) is 6.11. The number of halogens is 1. The summed E-state index contributed by atoms with van der Waals surface area (Å²) >= 11 is 0. The van der Waals surface area contributed by atoms with Crippen LogP contribution >= 0.6 is 12.4 Å². The molecule has 130 valence electrons. The molecule has 0 amide bonds. The van der Waals surface area contributed by atoms with Crippen LogP contribution in [-0.4, -0.2) is 18.0 Å². The summed E-state index contributed by atoms with van der Waals surface area (Å²) in [6.07, 6.45) is 4.67. The number of benzene rings is 1. The van der Waals surface area contributed by atoms with Crippen LogP contribution in [0.3, 0.4) is 0 Å². The van der Waals surface area contributed by atoms with E-state index in [1.54, 1.807) is 6.20 Å². The zero-order valence-electron chi connectivity index (χ0n) is 13.3. The van der Waals surface area contributed by atoms with Gasteiger partial charge in [-0.3, -0.25) is 0 Å². The van der Waals surface area contributed by atoms with E-state index in [4.69, 9.17) is 0 Å². The van der Waals surface area contributed by atoms with E-state index in [2.05, 4.69) is 27.2 Å². The number of nitrogens with one attached hydrogen (secondary N) is 2. The molecule has 2 aromatic rings. The van der Waals surface area contributed by atoms with Crippen LogP contribution in [0.1, 0.15) is 35.4 Å². The van der Waals surface area contributed by atoms with E-state index in [0.29, 0.717) is 0 Å². The molecule has 6 nitrogen and oxygen atoms in total. The molecule has 0 aliphatic carbocycles. The van der Waals surface area contributed by atoms with Gasteiger partial charge in [0, 0.05) is 38.8 Å². The number of aromatic nitrogens is 2. The SMILES string of the molecule is Cl.O=S(=O)(NCc1ccc2c(c1)CNC2)c1cn2c(n1)CCCC2. The van der Waals surface area contributed by atoms with Crippen molar-refractivity contribution in [3.63, 3.8) is 0 Å². The fourth-order valence-electron chi connectivity index (χ4n) is 3.23. The third-order valence-corrected chi connectivity index (χ3v) is 5.80. The van der Waals surface area contributed by atoms with Gasteiger partial charge >= 0.3 is 0 Å². The fourth-order valence-corrected chi connectivity index (χ4v) is 4.22. The smallest absolute Gasteiger partial charge is 0.259 e. The first-order valence-electron chi connectivity index (χ1n) is 7.99. The van der Waals surface area contributed by atoms with Crippen molar-refractivity contribution in [2.45, 2.75) is 50.5 Å². The number of hydrogen-bond donors (Lipinski definition) is 2. The minimum absolute atomic E-state index is 0.